The van der Waals surface area contributed by atoms with E-state index in [9.17, 15) is 18.8 Å². The molecule has 3 atom stereocenters. The summed E-state index contributed by atoms with van der Waals surface area (Å²) in [5, 5.41) is 2.61. The number of nitrogens with zero attached hydrogens (tertiary/aromatic N) is 1. The van der Waals surface area contributed by atoms with Gasteiger partial charge in [0.25, 0.3) is 0 Å². The zero-order valence-electron chi connectivity index (χ0n) is 13.6. The minimum atomic E-state index is -0.932. The number of hydrogen-bond donors (Lipinski definition) is 1. The van der Waals surface area contributed by atoms with E-state index in [4.69, 9.17) is 0 Å². The van der Waals surface area contributed by atoms with Crippen LogP contribution in [0.15, 0.2) is 30.4 Å². The Morgan fingerprint density at radius 3 is 2.38 bits per heavy atom. The molecule has 0 spiro atoms. The predicted octanol–water partition coefficient (Wildman–Crippen LogP) is 2.41. The number of fused-ring (bicyclic) bond motifs is 1. The molecule has 2 aliphatic rings. The largest absolute Gasteiger partial charge is 0.324 e. The van der Waals surface area contributed by atoms with E-state index in [0.717, 1.165) is 4.90 Å². The number of imide groups is 1. The van der Waals surface area contributed by atoms with Crippen molar-refractivity contribution in [1.29, 1.82) is 0 Å². The van der Waals surface area contributed by atoms with Crippen molar-refractivity contribution in [2.75, 3.05) is 5.32 Å². The van der Waals surface area contributed by atoms with E-state index in [1.807, 2.05) is 12.2 Å². The molecule has 1 saturated heterocycles. The fourth-order valence-electron chi connectivity index (χ4n) is 3.29. The number of amides is 3. The van der Waals surface area contributed by atoms with E-state index < -0.39 is 17.8 Å². The van der Waals surface area contributed by atoms with Crippen LogP contribution < -0.4 is 5.32 Å². The van der Waals surface area contributed by atoms with Gasteiger partial charge in [-0.15, -0.1) is 0 Å². The Kier molecular flexibility index (Phi) is 4.22. The standard InChI is InChI=1S/C18H19FN2O3/c1-10-7-8-12(19)9-15(10)20-16(22)11(2)21-17(23)13-5-3-4-6-14(13)18(21)24/h3-4,7-9,11,13-14H,5-6H2,1-2H3,(H,20,22)/t11-,13-,14-/m0/s1. The Morgan fingerprint density at radius 1 is 1.21 bits per heavy atom. The van der Waals surface area contributed by atoms with Gasteiger partial charge in [0.1, 0.15) is 11.9 Å². The molecule has 1 aromatic rings. The van der Waals surface area contributed by atoms with Crippen LogP contribution in [0.25, 0.3) is 0 Å². The second-order valence-electron chi connectivity index (χ2n) is 6.33. The summed E-state index contributed by atoms with van der Waals surface area (Å²) in [6, 6.07) is 3.15. The Bertz CT molecular complexity index is 718. The zero-order valence-corrected chi connectivity index (χ0v) is 13.6. The molecule has 126 valence electrons. The highest BCUT2D eigenvalue weighted by Gasteiger charge is 2.50. The second kappa shape index (κ2) is 6.19. The van der Waals surface area contributed by atoms with Crippen LogP contribution >= 0.6 is 0 Å². The van der Waals surface area contributed by atoms with Crippen molar-refractivity contribution < 1.29 is 18.8 Å². The van der Waals surface area contributed by atoms with Crippen molar-refractivity contribution in [2.45, 2.75) is 32.7 Å². The van der Waals surface area contributed by atoms with Crippen LogP contribution in [0.5, 0.6) is 0 Å². The van der Waals surface area contributed by atoms with Gasteiger partial charge in [0, 0.05) is 5.69 Å². The van der Waals surface area contributed by atoms with Gasteiger partial charge in [-0.25, -0.2) is 4.39 Å². The van der Waals surface area contributed by atoms with E-state index in [1.165, 1.54) is 19.1 Å². The molecule has 3 amide bonds. The lowest BCUT2D eigenvalue weighted by Gasteiger charge is -2.22. The molecule has 5 nitrogen and oxygen atoms in total. The highest BCUT2D eigenvalue weighted by Crippen LogP contribution is 2.36. The van der Waals surface area contributed by atoms with E-state index >= 15 is 0 Å². The number of rotatable bonds is 3. The maximum atomic E-state index is 13.3. The fourth-order valence-corrected chi connectivity index (χ4v) is 3.29. The molecule has 1 aliphatic heterocycles. The van der Waals surface area contributed by atoms with Crippen molar-refractivity contribution in [3.63, 3.8) is 0 Å². The number of hydrogen-bond acceptors (Lipinski definition) is 3. The summed E-state index contributed by atoms with van der Waals surface area (Å²) < 4.78 is 13.3. The van der Waals surface area contributed by atoms with Crippen LogP contribution in [0.3, 0.4) is 0 Å². The molecule has 24 heavy (non-hydrogen) atoms. The first-order valence-electron chi connectivity index (χ1n) is 7.99. The van der Waals surface area contributed by atoms with Crippen molar-refractivity contribution in [3.8, 4) is 0 Å². The summed E-state index contributed by atoms with van der Waals surface area (Å²) in [7, 11) is 0. The van der Waals surface area contributed by atoms with Gasteiger partial charge >= 0.3 is 0 Å². The molecule has 1 aromatic carbocycles. The second-order valence-corrected chi connectivity index (χ2v) is 6.33. The summed E-state index contributed by atoms with van der Waals surface area (Å²) in [5.74, 6) is -2.30. The van der Waals surface area contributed by atoms with E-state index in [2.05, 4.69) is 5.32 Å². The normalized spacial score (nSPS) is 24.0. The SMILES string of the molecule is Cc1ccc(F)cc1NC(=O)[C@H](C)N1C(=O)[C@H]2CC=CC[C@@H]2C1=O. The molecule has 3 rings (SSSR count). The van der Waals surface area contributed by atoms with Crippen molar-refractivity contribution in [1.82, 2.24) is 4.90 Å². The molecular weight excluding hydrogens is 311 g/mol. The molecule has 1 heterocycles. The van der Waals surface area contributed by atoms with Crippen molar-refractivity contribution in [2.24, 2.45) is 11.8 Å². The number of anilines is 1. The first kappa shape index (κ1) is 16.4. The van der Waals surface area contributed by atoms with Gasteiger partial charge in [0.2, 0.25) is 17.7 Å². The lowest BCUT2D eigenvalue weighted by molar-refractivity contribution is -0.146. The van der Waals surface area contributed by atoms with Crippen LogP contribution in [0.4, 0.5) is 10.1 Å². The van der Waals surface area contributed by atoms with Crippen LogP contribution in [-0.4, -0.2) is 28.7 Å². The number of likely N-dealkylation sites (tertiary alicyclic amines) is 1. The molecule has 0 radical (unpaired) electrons. The summed E-state index contributed by atoms with van der Waals surface area (Å²) in [4.78, 5) is 38.5. The van der Waals surface area contributed by atoms with Gasteiger partial charge in [-0.3, -0.25) is 19.3 Å². The third-order valence-corrected chi connectivity index (χ3v) is 4.77. The summed E-state index contributed by atoms with van der Waals surface area (Å²) >= 11 is 0. The van der Waals surface area contributed by atoms with Gasteiger partial charge in [0.15, 0.2) is 0 Å². The average molecular weight is 330 g/mol. The Balaban J connectivity index is 1.77. The fraction of sp³-hybridized carbons (Fsp3) is 0.389. The van der Waals surface area contributed by atoms with Gasteiger partial charge in [-0.05, 0) is 44.4 Å². The smallest absolute Gasteiger partial charge is 0.247 e. The minimum absolute atomic E-state index is 0.298. The topological polar surface area (TPSA) is 66.5 Å². The molecular formula is C18H19FN2O3. The van der Waals surface area contributed by atoms with Gasteiger partial charge < -0.3 is 5.32 Å². The van der Waals surface area contributed by atoms with E-state index in [1.54, 1.807) is 13.0 Å². The van der Waals surface area contributed by atoms with Crippen LogP contribution in [0.2, 0.25) is 0 Å². The molecule has 0 aromatic heterocycles. The first-order valence-corrected chi connectivity index (χ1v) is 7.99. The van der Waals surface area contributed by atoms with Crippen LogP contribution in [0.1, 0.15) is 25.3 Å². The summed E-state index contributed by atoms with van der Waals surface area (Å²) in [6.07, 6.45) is 4.86. The van der Waals surface area contributed by atoms with E-state index in [-0.39, 0.29) is 23.7 Å². The van der Waals surface area contributed by atoms with Crippen LogP contribution in [-0.2, 0) is 14.4 Å². The summed E-state index contributed by atoms with van der Waals surface area (Å²) in [6.45, 7) is 3.26. The lowest BCUT2D eigenvalue weighted by Crippen LogP contribution is -2.46. The lowest BCUT2D eigenvalue weighted by atomic mass is 9.85. The van der Waals surface area contributed by atoms with E-state index in [0.29, 0.717) is 24.1 Å². The third-order valence-electron chi connectivity index (χ3n) is 4.77. The monoisotopic (exact) mass is 330 g/mol. The molecule has 1 N–H and O–H groups in total. The van der Waals surface area contributed by atoms with Crippen LogP contribution in [0, 0.1) is 24.6 Å². The number of aryl methyl sites for hydroxylation is 1. The van der Waals surface area contributed by atoms with Gasteiger partial charge in [0.05, 0.1) is 11.8 Å². The molecule has 1 aliphatic carbocycles. The predicted molar refractivity (Wildman–Crippen MR) is 86.4 cm³/mol. The number of allylic oxidation sites excluding steroid dienone is 2. The third kappa shape index (κ3) is 2.72. The molecule has 1 fully saturated rings. The van der Waals surface area contributed by atoms with Gasteiger partial charge in [-0.2, -0.15) is 0 Å². The molecule has 0 saturated carbocycles. The Morgan fingerprint density at radius 2 is 1.79 bits per heavy atom. The summed E-state index contributed by atoms with van der Waals surface area (Å²) in [5.41, 5.74) is 1.04. The zero-order chi connectivity index (χ0) is 17.4. The highest BCUT2D eigenvalue weighted by molar-refractivity contribution is 6.10. The highest BCUT2D eigenvalue weighted by atomic mass is 19.1. The van der Waals surface area contributed by atoms with Crippen molar-refractivity contribution in [3.05, 3.63) is 41.7 Å². The molecule has 6 heteroatoms. The number of carbonyl (C=O) groups excluding carboxylic acids is 3. The maximum absolute atomic E-state index is 13.3. The Hall–Kier alpha value is -2.50. The number of nitrogens with one attached hydrogen (secondary N) is 1. The number of carbonyl (C=O) groups is 3. The average Bonchev–Trinajstić information content (AvgIpc) is 2.82. The first-order chi connectivity index (χ1) is 11.4. The van der Waals surface area contributed by atoms with Crippen molar-refractivity contribution >= 4 is 23.4 Å². The Labute approximate surface area is 139 Å². The quantitative estimate of drug-likeness (QED) is 0.684. The molecule has 0 bridgehead atoms. The minimum Gasteiger partial charge on any atom is -0.324 e. The number of benzene rings is 1. The number of halogens is 1. The maximum Gasteiger partial charge on any atom is 0.247 e. The van der Waals surface area contributed by atoms with Gasteiger partial charge in [-0.1, -0.05) is 18.2 Å². The molecule has 0 unspecified atom stereocenters.